The van der Waals surface area contributed by atoms with E-state index in [1.165, 1.54) is 18.6 Å². The Morgan fingerprint density at radius 3 is 2.68 bits per heavy atom. The average Bonchev–Trinajstić information content (AvgIpc) is 2.39. The number of likely N-dealkylation sites (tertiary alicyclic amines) is 1. The number of non-ortho nitro benzene ring substituents is 1. The fourth-order valence-corrected chi connectivity index (χ4v) is 2.65. The average molecular weight is 279 g/mol. The molecule has 0 spiro atoms. The van der Waals surface area contributed by atoms with Crippen LogP contribution in [0.15, 0.2) is 24.3 Å². The number of nitro benzene ring substituents is 1. The van der Waals surface area contributed by atoms with Crippen molar-refractivity contribution in [1.82, 2.24) is 4.90 Å². The zero-order valence-corrected chi connectivity index (χ0v) is 11.7. The molecule has 1 aromatic carbocycles. The lowest BCUT2D eigenvalue weighted by atomic mass is 10.0. The second-order valence-electron chi connectivity index (χ2n) is 4.77. The molecule has 0 aromatic heterocycles. The molecule has 19 heavy (non-hydrogen) atoms. The Bertz CT molecular complexity index is 475. The Morgan fingerprint density at radius 1 is 1.42 bits per heavy atom. The summed E-state index contributed by atoms with van der Waals surface area (Å²) in [7, 11) is 0. The lowest BCUT2D eigenvalue weighted by Crippen LogP contribution is -2.44. The van der Waals surface area contributed by atoms with E-state index >= 15 is 0 Å². The van der Waals surface area contributed by atoms with Gasteiger partial charge in [0.1, 0.15) is 0 Å². The molecule has 1 N–H and O–H groups in total. The van der Waals surface area contributed by atoms with Gasteiger partial charge >= 0.3 is 0 Å². The van der Waals surface area contributed by atoms with Gasteiger partial charge in [0.25, 0.3) is 5.69 Å². The first kappa shape index (κ1) is 13.7. The van der Waals surface area contributed by atoms with Gasteiger partial charge in [-0.3, -0.25) is 10.1 Å². The van der Waals surface area contributed by atoms with Gasteiger partial charge in [-0.05, 0) is 50.5 Å². The highest BCUT2D eigenvalue weighted by Gasteiger charge is 2.20. The molecule has 1 heterocycles. The Labute approximate surface area is 117 Å². The van der Waals surface area contributed by atoms with Crippen LogP contribution in [-0.2, 0) is 0 Å². The first-order chi connectivity index (χ1) is 9.08. The topological polar surface area (TPSA) is 58.4 Å². The summed E-state index contributed by atoms with van der Waals surface area (Å²) < 4.78 is 0. The van der Waals surface area contributed by atoms with E-state index in [9.17, 15) is 10.1 Å². The second kappa shape index (κ2) is 5.97. The number of benzene rings is 1. The zero-order valence-electron chi connectivity index (χ0n) is 10.8. The number of piperidine rings is 1. The van der Waals surface area contributed by atoms with Gasteiger partial charge in [0.05, 0.1) is 4.92 Å². The largest absolute Gasteiger partial charge is 0.346 e. The Hall–Kier alpha value is -1.69. The second-order valence-corrected chi connectivity index (χ2v) is 5.16. The van der Waals surface area contributed by atoms with E-state index in [0.29, 0.717) is 11.2 Å². The molecule has 5 nitrogen and oxygen atoms in total. The van der Waals surface area contributed by atoms with Crippen LogP contribution in [0.1, 0.15) is 26.2 Å². The molecule has 0 saturated carbocycles. The minimum atomic E-state index is -0.408. The summed E-state index contributed by atoms with van der Waals surface area (Å²) in [6, 6.07) is 6.76. The molecule has 102 valence electrons. The molecular formula is C13H17N3O2S. The van der Waals surface area contributed by atoms with Crippen LogP contribution in [0.3, 0.4) is 0 Å². The van der Waals surface area contributed by atoms with Crippen molar-refractivity contribution >= 4 is 28.7 Å². The standard InChI is InChI=1S/C13H17N3O2S/c1-10-4-2-3-9-15(10)13(19)14-11-5-7-12(8-6-11)16(17)18/h5-8,10H,2-4,9H2,1H3,(H,14,19)/t10-/m1/s1. The molecule has 1 atom stereocenters. The summed E-state index contributed by atoms with van der Waals surface area (Å²) in [5.41, 5.74) is 0.871. The molecular weight excluding hydrogens is 262 g/mol. The Balaban J connectivity index is 2.00. The van der Waals surface area contributed by atoms with E-state index in [1.807, 2.05) is 0 Å². The highest BCUT2D eigenvalue weighted by atomic mass is 32.1. The predicted octanol–water partition coefficient (Wildman–Crippen LogP) is 3.17. The normalized spacial score (nSPS) is 19.0. The van der Waals surface area contributed by atoms with Gasteiger partial charge in [-0.15, -0.1) is 0 Å². The smallest absolute Gasteiger partial charge is 0.269 e. The molecule has 1 aliphatic heterocycles. The monoisotopic (exact) mass is 279 g/mol. The lowest BCUT2D eigenvalue weighted by Gasteiger charge is -2.35. The summed E-state index contributed by atoms with van der Waals surface area (Å²) in [4.78, 5) is 12.3. The van der Waals surface area contributed by atoms with Crippen molar-refractivity contribution in [2.24, 2.45) is 0 Å². The van der Waals surface area contributed by atoms with Gasteiger partial charge in [-0.25, -0.2) is 0 Å². The highest BCUT2D eigenvalue weighted by Crippen LogP contribution is 2.19. The maximum atomic E-state index is 10.6. The third kappa shape index (κ3) is 3.41. The van der Waals surface area contributed by atoms with Gasteiger partial charge < -0.3 is 10.2 Å². The van der Waals surface area contributed by atoms with Gasteiger partial charge in [0, 0.05) is 30.4 Å². The third-order valence-corrected chi connectivity index (χ3v) is 3.73. The van der Waals surface area contributed by atoms with E-state index in [4.69, 9.17) is 12.2 Å². The summed E-state index contributed by atoms with van der Waals surface area (Å²) in [6.45, 7) is 3.14. The minimum Gasteiger partial charge on any atom is -0.346 e. The van der Waals surface area contributed by atoms with Crippen LogP contribution < -0.4 is 5.32 Å². The summed E-state index contributed by atoms with van der Waals surface area (Å²) in [5, 5.41) is 14.4. The van der Waals surface area contributed by atoms with Crippen molar-refractivity contribution in [3.05, 3.63) is 34.4 Å². The summed E-state index contributed by atoms with van der Waals surface area (Å²) >= 11 is 5.40. The maximum absolute atomic E-state index is 10.6. The van der Waals surface area contributed by atoms with Crippen LogP contribution in [0.2, 0.25) is 0 Å². The van der Waals surface area contributed by atoms with Crippen LogP contribution in [0, 0.1) is 10.1 Å². The lowest BCUT2D eigenvalue weighted by molar-refractivity contribution is -0.384. The number of anilines is 1. The summed E-state index contributed by atoms with van der Waals surface area (Å²) in [6.07, 6.45) is 3.56. The van der Waals surface area contributed by atoms with Crippen molar-refractivity contribution < 1.29 is 4.92 Å². The number of hydrogen-bond donors (Lipinski definition) is 1. The first-order valence-corrected chi connectivity index (χ1v) is 6.81. The number of nitrogens with zero attached hydrogens (tertiary/aromatic N) is 2. The number of nitro groups is 1. The molecule has 2 rings (SSSR count). The van der Waals surface area contributed by atoms with Crippen LogP contribution in [0.4, 0.5) is 11.4 Å². The van der Waals surface area contributed by atoms with Crippen molar-refractivity contribution in [3.8, 4) is 0 Å². The van der Waals surface area contributed by atoms with E-state index in [1.54, 1.807) is 12.1 Å². The SMILES string of the molecule is C[C@@H]1CCCCN1C(=S)Nc1ccc([N+](=O)[O-])cc1. The van der Waals surface area contributed by atoms with Crippen LogP contribution in [0.25, 0.3) is 0 Å². The third-order valence-electron chi connectivity index (χ3n) is 3.39. The maximum Gasteiger partial charge on any atom is 0.269 e. The Kier molecular flexibility index (Phi) is 4.31. The number of nitrogens with one attached hydrogen (secondary N) is 1. The number of rotatable bonds is 2. The fourth-order valence-electron chi connectivity index (χ4n) is 2.26. The molecule has 1 fully saturated rings. The number of hydrogen-bond acceptors (Lipinski definition) is 3. The van der Waals surface area contributed by atoms with Crippen molar-refractivity contribution in [1.29, 1.82) is 0 Å². The molecule has 0 aliphatic carbocycles. The molecule has 0 bridgehead atoms. The van der Waals surface area contributed by atoms with E-state index in [2.05, 4.69) is 17.1 Å². The van der Waals surface area contributed by atoms with Crippen molar-refractivity contribution in [2.45, 2.75) is 32.2 Å². The highest BCUT2D eigenvalue weighted by molar-refractivity contribution is 7.80. The molecule has 6 heteroatoms. The molecule has 0 amide bonds. The minimum absolute atomic E-state index is 0.0859. The van der Waals surface area contributed by atoms with E-state index in [-0.39, 0.29) is 5.69 Å². The van der Waals surface area contributed by atoms with E-state index in [0.717, 1.165) is 25.1 Å². The summed E-state index contributed by atoms with van der Waals surface area (Å²) in [5.74, 6) is 0. The van der Waals surface area contributed by atoms with Crippen LogP contribution in [0.5, 0.6) is 0 Å². The van der Waals surface area contributed by atoms with Gasteiger partial charge in [-0.2, -0.15) is 0 Å². The molecule has 0 unspecified atom stereocenters. The predicted molar refractivity (Wildman–Crippen MR) is 79.3 cm³/mol. The molecule has 1 aliphatic rings. The zero-order chi connectivity index (χ0) is 13.8. The van der Waals surface area contributed by atoms with Crippen LogP contribution >= 0.6 is 12.2 Å². The van der Waals surface area contributed by atoms with Crippen molar-refractivity contribution in [2.75, 3.05) is 11.9 Å². The van der Waals surface area contributed by atoms with E-state index < -0.39 is 4.92 Å². The number of thiocarbonyl (C=S) groups is 1. The quantitative estimate of drug-likeness (QED) is 0.512. The molecule has 1 saturated heterocycles. The Morgan fingerprint density at radius 2 is 2.11 bits per heavy atom. The molecule has 0 radical (unpaired) electrons. The van der Waals surface area contributed by atoms with Gasteiger partial charge in [0.15, 0.2) is 5.11 Å². The van der Waals surface area contributed by atoms with Gasteiger partial charge in [0.2, 0.25) is 0 Å². The van der Waals surface area contributed by atoms with Crippen molar-refractivity contribution in [3.63, 3.8) is 0 Å². The molecule has 1 aromatic rings. The van der Waals surface area contributed by atoms with Crippen LogP contribution in [-0.4, -0.2) is 27.5 Å². The first-order valence-electron chi connectivity index (χ1n) is 6.40. The van der Waals surface area contributed by atoms with Gasteiger partial charge in [-0.1, -0.05) is 0 Å². The fraction of sp³-hybridized carbons (Fsp3) is 0.462.